The standard InChI is InChI=1S/C21H18N2O4/c1-3-12-14-6-11(24)4-5-17(14)22-19-15(12)8-23-18(19)7-13-10(2)21(26)27-9-16(13)20(23)25/h4-7,10,24H,3,8-9H2,1-2H3. The number of ether oxygens (including phenoxy) is 1. The summed E-state index contributed by atoms with van der Waals surface area (Å²) in [5.41, 5.74) is 5.60. The second-order valence-electron chi connectivity index (χ2n) is 7.16. The van der Waals surface area contributed by atoms with Crippen LogP contribution in [0.1, 0.15) is 42.0 Å². The van der Waals surface area contributed by atoms with Crippen LogP contribution in [0.15, 0.2) is 29.1 Å². The van der Waals surface area contributed by atoms with Crippen LogP contribution in [0.2, 0.25) is 0 Å². The second kappa shape index (κ2) is 5.42. The number of hydrogen-bond acceptors (Lipinski definition) is 5. The Morgan fingerprint density at radius 3 is 2.85 bits per heavy atom. The van der Waals surface area contributed by atoms with Gasteiger partial charge in [-0.3, -0.25) is 9.59 Å². The van der Waals surface area contributed by atoms with Gasteiger partial charge < -0.3 is 14.4 Å². The van der Waals surface area contributed by atoms with Crippen LogP contribution in [0.4, 0.5) is 0 Å². The van der Waals surface area contributed by atoms with Crippen LogP contribution in [0, 0.1) is 0 Å². The van der Waals surface area contributed by atoms with E-state index in [4.69, 9.17) is 9.72 Å². The summed E-state index contributed by atoms with van der Waals surface area (Å²) in [6, 6.07) is 7.07. The number of nitrogens with zero attached hydrogens (tertiary/aromatic N) is 2. The maximum Gasteiger partial charge on any atom is 0.313 e. The fourth-order valence-corrected chi connectivity index (χ4v) is 4.29. The molecule has 1 unspecified atom stereocenters. The van der Waals surface area contributed by atoms with Crippen LogP contribution in [0.5, 0.6) is 5.75 Å². The number of phenols is 1. The molecule has 6 nitrogen and oxygen atoms in total. The Morgan fingerprint density at radius 2 is 2.07 bits per heavy atom. The maximum absolute atomic E-state index is 13.1. The van der Waals surface area contributed by atoms with E-state index in [1.54, 1.807) is 29.7 Å². The van der Waals surface area contributed by atoms with Crippen molar-refractivity contribution < 1.29 is 14.6 Å². The molecule has 2 aliphatic heterocycles. The van der Waals surface area contributed by atoms with Crippen molar-refractivity contribution in [1.29, 1.82) is 0 Å². The average Bonchev–Trinajstić information content (AvgIpc) is 3.02. The van der Waals surface area contributed by atoms with E-state index in [-0.39, 0.29) is 23.9 Å². The minimum atomic E-state index is -0.459. The van der Waals surface area contributed by atoms with Crippen molar-refractivity contribution in [2.24, 2.45) is 0 Å². The largest absolute Gasteiger partial charge is 0.508 e. The highest BCUT2D eigenvalue weighted by molar-refractivity contribution is 5.89. The fraction of sp³-hybridized carbons (Fsp3) is 0.286. The molecule has 1 aromatic carbocycles. The van der Waals surface area contributed by atoms with E-state index in [1.807, 2.05) is 6.07 Å². The van der Waals surface area contributed by atoms with Gasteiger partial charge in [-0.05, 0) is 48.7 Å². The van der Waals surface area contributed by atoms with Crippen molar-refractivity contribution in [3.63, 3.8) is 0 Å². The third-order valence-corrected chi connectivity index (χ3v) is 5.71. The highest BCUT2D eigenvalue weighted by Gasteiger charge is 2.33. The number of aryl methyl sites for hydroxylation is 1. The van der Waals surface area contributed by atoms with Crippen molar-refractivity contribution in [3.8, 4) is 17.1 Å². The Kier molecular flexibility index (Phi) is 3.22. The quantitative estimate of drug-likeness (QED) is 0.527. The number of cyclic esters (lactones) is 1. The molecule has 0 saturated carbocycles. The van der Waals surface area contributed by atoms with Crippen LogP contribution >= 0.6 is 0 Å². The van der Waals surface area contributed by atoms with Crippen molar-refractivity contribution in [1.82, 2.24) is 9.55 Å². The topological polar surface area (TPSA) is 81.4 Å². The lowest BCUT2D eigenvalue weighted by molar-refractivity contribution is -0.147. The Balaban J connectivity index is 1.83. The van der Waals surface area contributed by atoms with E-state index < -0.39 is 5.92 Å². The number of rotatable bonds is 1. The van der Waals surface area contributed by atoms with E-state index >= 15 is 0 Å². The zero-order valence-corrected chi connectivity index (χ0v) is 15.1. The van der Waals surface area contributed by atoms with Crippen LogP contribution in [0.25, 0.3) is 22.3 Å². The van der Waals surface area contributed by atoms with E-state index in [9.17, 15) is 14.7 Å². The molecular weight excluding hydrogens is 344 g/mol. The minimum absolute atomic E-state index is 0.0257. The first-order valence-corrected chi connectivity index (χ1v) is 9.07. The Bertz CT molecular complexity index is 1210. The monoisotopic (exact) mass is 362 g/mol. The summed E-state index contributed by atoms with van der Waals surface area (Å²) in [5, 5.41) is 10.8. The van der Waals surface area contributed by atoms with E-state index in [0.29, 0.717) is 12.1 Å². The van der Waals surface area contributed by atoms with Crippen molar-refractivity contribution in [2.75, 3.05) is 0 Å². The van der Waals surface area contributed by atoms with Gasteiger partial charge in [0.1, 0.15) is 12.4 Å². The molecule has 136 valence electrons. The molecule has 0 amide bonds. The zero-order valence-electron chi connectivity index (χ0n) is 15.1. The number of carbonyl (C=O) groups excluding carboxylic acids is 1. The van der Waals surface area contributed by atoms with Gasteiger partial charge in [-0.15, -0.1) is 0 Å². The summed E-state index contributed by atoms with van der Waals surface area (Å²) in [6.07, 6.45) is 0.769. The Morgan fingerprint density at radius 1 is 1.26 bits per heavy atom. The molecule has 0 aliphatic carbocycles. The number of carbonyl (C=O) groups is 1. The van der Waals surface area contributed by atoms with Gasteiger partial charge >= 0.3 is 5.97 Å². The van der Waals surface area contributed by atoms with Gasteiger partial charge in [-0.25, -0.2) is 4.98 Å². The SMILES string of the molecule is CCc1c2c(nc3ccc(O)cc13)-c1cc3c(c(=O)n1C2)COC(=O)C3C. The van der Waals surface area contributed by atoms with E-state index in [1.165, 1.54) is 0 Å². The fourth-order valence-electron chi connectivity index (χ4n) is 4.29. The van der Waals surface area contributed by atoms with Gasteiger partial charge in [0.2, 0.25) is 0 Å². The molecule has 6 heteroatoms. The zero-order chi connectivity index (χ0) is 18.9. The molecular formula is C21H18N2O4. The van der Waals surface area contributed by atoms with E-state index in [0.717, 1.165) is 45.4 Å². The van der Waals surface area contributed by atoms with Crippen molar-refractivity contribution in [2.45, 2.75) is 39.3 Å². The lowest BCUT2D eigenvalue weighted by Crippen LogP contribution is -2.31. The second-order valence-corrected chi connectivity index (χ2v) is 7.16. The first-order chi connectivity index (χ1) is 13.0. The molecule has 3 aromatic rings. The Labute approximate surface area is 155 Å². The van der Waals surface area contributed by atoms with Gasteiger partial charge in [0.05, 0.1) is 34.9 Å². The first-order valence-electron chi connectivity index (χ1n) is 9.07. The van der Waals surface area contributed by atoms with Gasteiger partial charge in [0.25, 0.3) is 5.56 Å². The normalized spacial score (nSPS) is 17.4. The molecule has 1 N–H and O–H groups in total. The van der Waals surface area contributed by atoms with Gasteiger partial charge in [-0.1, -0.05) is 6.92 Å². The molecule has 0 fully saturated rings. The lowest BCUT2D eigenvalue weighted by atomic mass is 9.93. The molecule has 2 aliphatic rings. The van der Waals surface area contributed by atoms with Gasteiger partial charge in [-0.2, -0.15) is 0 Å². The predicted octanol–water partition coefficient (Wildman–Crippen LogP) is 2.85. The first kappa shape index (κ1) is 16.1. The lowest BCUT2D eigenvalue weighted by Gasteiger charge is -2.22. The average molecular weight is 362 g/mol. The highest BCUT2D eigenvalue weighted by Crippen LogP contribution is 2.38. The third kappa shape index (κ3) is 2.10. The number of pyridine rings is 2. The van der Waals surface area contributed by atoms with Gasteiger partial charge in [0.15, 0.2) is 0 Å². The summed E-state index contributed by atoms with van der Waals surface area (Å²) in [5.74, 6) is -0.563. The number of hydrogen-bond donors (Lipinski definition) is 1. The molecule has 0 saturated heterocycles. The number of esters is 1. The van der Waals surface area contributed by atoms with Crippen LogP contribution in [-0.4, -0.2) is 20.6 Å². The molecule has 1 atom stereocenters. The third-order valence-electron chi connectivity index (χ3n) is 5.71. The maximum atomic E-state index is 13.1. The molecule has 0 spiro atoms. The smallest absolute Gasteiger partial charge is 0.313 e. The molecule has 0 bridgehead atoms. The molecule has 5 rings (SSSR count). The minimum Gasteiger partial charge on any atom is -0.508 e. The summed E-state index contributed by atoms with van der Waals surface area (Å²) in [7, 11) is 0. The summed E-state index contributed by atoms with van der Waals surface area (Å²) < 4.78 is 6.88. The van der Waals surface area contributed by atoms with Crippen LogP contribution in [-0.2, 0) is 29.1 Å². The van der Waals surface area contributed by atoms with Crippen molar-refractivity contribution >= 4 is 16.9 Å². The number of benzene rings is 1. The molecule has 27 heavy (non-hydrogen) atoms. The molecule has 0 radical (unpaired) electrons. The van der Waals surface area contributed by atoms with Crippen LogP contribution < -0.4 is 5.56 Å². The Hall–Kier alpha value is -3.15. The van der Waals surface area contributed by atoms with Crippen molar-refractivity contribution in [3.05, 3.63) is 56.9 Å². The molecule has 2 aromatic heterocycles. The number of phenolic OH excluding ortho intramolecular Hbond substituents is 1. The summed E-state index contributed by atoms with van der Waals surface area (Å²) in [4.78, 5) is 29.8. The summed E-state index contributed by atoms with van der Waals surface area (Å²) >= 11 is 0. The molecule has 4 heterocycles. The number of aromatic hydroxyl groups is 1. The highest BCUT2D eigenvalue weighted by atomic mass is 16.5. The van der Waals surface area contributed by atoms with Crippen LogP contribution in [0.3, 0.4) is 0 Å². The predicted molar refractivity (Wildman–Crippen MR) is 99.8 cm³/mol. The van der Waals surface area contributed by atoms with E-state index in [2.05, 4.69) is 6.92 Å². The van der Waals surface area contributed by atoms with Gasteiger partial charge in [0, 0.05) is 10.9 Å². The number of fused-ring (bicyclic) bond motifs is 5. The summed E-state index contributed by atoms with van der Waals surface area (Å²) in [6.45, 7) is 4.30. The number of aromatic nitrogens is 2.